The van der Waals surface area contributed by atoms with E-state index in [9.17, 15) is 9.36 Å². The van der Waals surface area contributed by atoms with Crippen LogP contribution in [0.15, 0.2) is 12.2 Å². The molecule has 4 N–H and O–H groups in total. The summed E-state index contributed by atoms with van der Waals surface area (Å²) >= 11 is 0. The monoisotopic (exact) mass is 251 g/mol. The number of nitrogens with two attached hydrogens (primary N) is 1. The smallest absolute Gasteiger partial charge is 0.329 e. The fourth-order valence-corrected chi connectivity index (χ4v) is 1.23. The molecular formula is C9H18NO5P. The highest BCUT2D eigenvalue weighted by molar-refractivity contribution is 7.51. The molecule has 0 aromatic carbocycles. The van der Waals surface area contributed by atoms with E-state index in [1.54, 1.807) is 0 Å². The number of allylic oxidation sites excluding steroid dienone is 1. The van der Waals surface area contributed by atoms with Crippen LogP contribution in [-0.2, 0) is 14.1 Å². The maximum Gasteiger partial charge on any atom is 0.329 e. The van der Waals surface area contributed by atoms with Crippen molar-refractivity contribution in [3.63, 3.8) is 0 Å². The molecule has 0 aliphatic carbocycles. The summed E-state index contributed by atoms with van der Waals surface area (Å²) in [5, 5.41) is 0. The number of ether oxygens (including phenoxy) is 1. The van der Waals surface area contributed by atoms with E-state index in [0.29, 0.717) is 6.61 Å². The Hall–Kier alpha value is -0.680. The molecule has 16 heavy (non-hydrogen) atoms. The number of carbonyl (C=O) groups is 1. The highest BCUT2D eigenvalue weighted by atomic mass is 31.2. The second kappa shape index (κ2) is 7.57. The number of carbonyl (C=O) groups excluding carboxylic acids is 1. The summed E-state index contributed by atoms with van der Waals surface area (Å²) in [5.74, 6) is -0.588. The highest BCUT2D eigenvalue weighted by Crippen LogP contribution is 2.33. The molecule has 1 atom stereocenters. The van der Waals surface area contributed by atoms with Crippen molar-refractivity contribution in [2.75, 3.05) is 12.8 Å². The SMILES string of the molecule is CCCCOC(=O)C(N)/C=C/CP(=O)(O)O. The number of rotatable bonds is 7. The van der Waals surface area contributed by atoms with Crippen LogP contribution in [0.1, 0.15) is 19.8 Å². The molecule has 0 saturated carbocycles. The Morgan fingerprint density at radius 3 is 2.69 bits per heavy atom. The highest BCUT2D eigenvalue weighted by Gasteiger charge is 2.13. The summed E-state index contributed by atoms with van der Waals surface area (Å²) in [6.07, 6.45) is 3.67. The van der Waals surface area contributed by atoms with Gasteiger partial charge in [0.2, 0.25) is 0 Å². The predicted octanol–water partition coefficient (Wildman–Crippen LogP) is 0.391. The topological polar surface area (TPSA) is 110 Å². The van der Waals surface area contributed by atoms with Crippen LogP contribution in [0.25, 0.3) is 0 Å². The van der Waals surface area contributed by atoms with Gasteiger partial charge in [0, 0.05) is 0 Å². The third-order valence-electron chi connectivity index (χ3n) is 1.70. The summed E-state index contributed by atoms with van der Waals surface area (Å²) in [6.45, 7) is 2.28. The lowest BCUT2D eigenvalue weighted by Crippen LogP contribution is -2.30. The van der Waals surface area contributed by atoms with Crippen LogP contribution in [0.3, 0.4) is 0 Å². The van der Waals surface area contributed by atoms with E-state index in [1.165, 1.54) is 12.2 Å². The molecule has 0 saturated heterocycles. The van der Waals surface area contributed by atoms with Gasteiger partial charge < -0.3 is 20.3 Å². The molecule has 1 unspecified atom stereocenters. The molecule has 0 spiro atoms. The Morgan fingerprint density at radius 1 is 1.56 bits per heavy atom. The van der Waals surface area contributed by atoms with Crippen molar-refractivity contribution in [1.29, 1.82) is 0 Å². The van der Waals surface area contributed by atoms with Crippen molar-refractivity contribution < 1.29 is 23.9 Å². The van der Waals surface area contributed by atoms with Gasteiger partial charge in [-0.3, -0.25) is 9.36 Å². The lowest BCUT2D eigenvalue weighted by Gasteiger charge is -2.07. The van der Waals surface area contributed by atoms with Gasteiger partial charge in [0.1, 0.15) is 6.04 Å². The van der Waals surface area contributed by atoms with Crippen LogP contribution in [0.4, 0.5) is 0 Å². The summed E-state index contributed by atoms with van der Waals surface area (Å²) in [4.78, 5) is 28.3. The van der Waals surface area contributed by atoms with Gasteiger partial charge in [0.15, 0.2) is 0 Å². The lowest BCUT2D eigenvalue weighted by atomic mass is 10.3. The normalized spacial score (nSPS) is 14.0. The maximum atomic E-state index is 11.2. The Morgan fingerprint density at radius 2 is 2.19 bits per heavy atom. The number of hydrogen-bond donors (Lipinski definition) is 3. The summed E-state index contributed by atoms with van der Waals surface area (Å²) in [7, 11) is -4.07. The molecule has 7 heteroatoms. The van der Waals surface area contributed by atoms with Gasteiger partial charge in [-0.05, 0) is 6.42 Å². The molecular weight excluding hydrogens is 233 g/mol. The van der Waals surface area contributed by atoms with Crippen LogP contribution in [0, 0.1) is 0 Å². The summed E-state index contributed by atoms with van der Waals surface area (Å²) < 4.78 is 15.3. The van der Waals surface area contributed by atoms with Gasteiger partial charge in [-0.25, -0.2) is 0 Å². The molecule has 0 fully saturated rings. The Labute approximate surface area is 94.6 Å². The zero-order valence-corrected chi connectivity index (χ0v) is 10.1. The fraction of sp³-hybridized carbons (Fsp3) is 0.667. The van der Waals surface area contributed by atoms with E-state index in [4.69, 9.17) is 20.3 Å². The van der Waals surface area contributed by atoms with E-state index in [-0.39, 0.29) is 0 Å². The average molecular weight is 251 g/mol. The fourth-order valence-electron chi connectivity index (χ4n) is 0.837. The Balaban J connectivity index is 3.91. The molecule has 94 valence electrons. The minimum atomic E-state index is -4.07. The first-order chi connectivity index (χ1) is 7.37. The van der Waals surface area contributed by atoms with Crippen LogP contribution in [0.2, 0.25) is 0 Å². The van der Waals surface area contributed by atoms with Gasteiger partial charge in [-0.2, -0.15) is 0 Å². The molecule has 0 heterocycles. The number of hydrogen-bond acceptors (Lipinski definition) is 4. The van der Waals surface area contributed by atoms with E-state index < -0.39 is 25.8 Å². The van der Waals surface area contributed by atoms with Crippen molar-refractivity contribution in [3.05, 3.63) is 12.2 Å². The van der Waals surface area contributed by atoms with Crippen LogP contribution in [0.5, 0.6) is 0 Å². The molecule has 0 aliphatic rings. The minimum absolute atomic E-state index is 0.315. The number of unbranched alkanes of at least 4 members (excludes halogenated alkanes) is 1. The molecule has 0 amide bonds. The molecule has 0 aromatic heterocycles. The first-order valence-corrected chi connectivity index (χ1v) is 6.80. The average Bonchev–Trinajstić information content (AvgIpc) is 2.15. The standard InChI is InChI=1S/C9H18NO5P/c1-2-3-6-15-9(11)8(10)5-4-7-16(12,13)14/h4-5,8H,2-3,6-7,10H2,1H3,(H2,12,13,14)/b5-4+. The third-order valence-corrected chi connectivity index (χ3v) is 2.39. The van der Waals surface area contributed by atoms with Gasteiger partial charge >= 0.3 is 13.6 Å². The quantitative estimate of drug-likeness (QED) is 0.261. The number of esters is 1. The van der Waals surface area contributed by atoms with E-state index in [1.807, 2.05) is 6.92 Å². The molecule has 0 bridgehead atoms. The first kappa shape index (κ1) is 15.3. The van der Waals surface area contributed by atoms with E-state index in [2.05, 4.69) is 0 Å². The van der Waals surface area contributed by atoms with Gasteiger partial charge in [-0.1, -0.05) is 25.5 Å². The van der Waals surface area contributed by atoms with Crippen molar-refractivity contribution in [1.82, 2.24) is 0 Å². The zero-order valence-electron chi connectivity index (χ0n) is 9.20. The third kappa shape index (κ3) is 8.61. The van der Waals surface area contributed by atoms with Crippen molar-refractivity contribution in [3.8, 4) is 0 Å². The van der Waals surface area contributed by atoms with Crippen LogP contribution in [-0.4, -0.2) is 34.6 Å². The zero-order chi connectivity index (χ0) is 12.6. The van der Waals surface area contributed by atoms with E-state index in [0.717, 1.165) is 12.8 Å². The summed E-state index contributed by atoms with van der Waals surface area (Å²) in [5.41, 5.74) is 5.41. The minimum Gasteiger partial charge on any atom is -0.464 e. The largest absolute Gasteiger partial charge is 0.464 e. The van der Waals surface area contributed by atoms with Crippen molar-refractivity contribution in [2.24, 2.45) is 5.73 Å². The molecule has 0 aromatic rings. The van der Waals surface area contributed by atoms with Gasteiger partial charge in [-0.15, -0.1) is 0 Å². The first-order valence-electron chi connectivity index (χ1n) is 5.00. The maximum absolute atomic E-state index is 11.2. The Kier molecular flexibility index (Phi) is 7.25. The predicted molar refractivity (Wildman–Crippen MR) is 59.9 cm³/mol. The lowest BCUT2D eigenvalue weighted by molar-refractivity contribution is -0.144. The van der Waals surface area contributed by atoms with Gasteiger partial charge in [0.25, 0.3) is 0 Å². The second-order valence-corrected chi connectivity index (χ2v) is 5.02. The second-order valence-electron chi connectivity index (χ2n) is 3.32. The van der Waals surface area contributed by atoms with Crippen LogP contribution >= 0.6 is 7.60 Å². The van der Waals surface area contributed by atoms with Crippen LogP contribution < -0.4 is 5.73 Å². The molecule has 0 aliphatic heterocycles. The molecule has 6 nitrogen and oxygen atoms in total. The summed E-state index contributed by atoms with van der Waals surface area (Å²) in [6, 6.07) is -0.969. The molecule has 0 radical (unpaired) electrons. The van der Waals surface area contributed by atoms with Gasteiger partial charge in [0.05, 0.1) is 12.8 Å². The molecule has 0 rings (SSSR count). The van der Waals surface area contributed by atoms with Crippen molar-refractivity contribution >= 4 is 13.6 Å². The van der Waals surface area contributed by atoms with E-state index >= 15 is 0 Å². The Bertz CT molecular complexity index is 286. The van der Waals surface area contributed by atoms with Crippen molar-refractivity contribution in [2.45, 2.75) is 25.8 Å².